The largest absolute Gasteiger partial charge is 0.229 e. The molecule has 0 aliphatic rings. The summed E-state index contributed by atoms with van der Waals surface area (Å²) in [5.41, 5.74) is 0. The third-order valence-electron chi connectivity index (χ3n) is 1.94. The zero-order valence-electron chi connectivity index (χ0n) is 9.60. The van der Waals surface area contributed by atoms with Crippen molar-refractivity contribution >= 4 is 31.5 Å². The van der Waals surface area contributed by atoms with Crippen molar-refractivity contribution in [2.75, 3.05) is 24.3 Å². The lowest BCUT2D eigenvalue weighted by molar-refractivity contribution is 0.556. The van der Waals surface area contributed by atoms with Crippen LogP contribution < -0.4 is 4.72 Å². The Hall–Kier alpha value is 0.150. The molecular formula is C8H18ClNO4S2. The van der Waals surface area contributed by atoms with Gasteiger partial charge in [0.2, 0.25) is 10.0 Å². The lowest BCUT2D eigenvalue weighted by Gasteiger charge is -2.14. The average Bonchev–Trinajstić information content (AvgIpc) is 2.10. The molecule has 0 aromatic rings. The quantitative estimate of drug-likeness (QED) is 0.680. The number of sulfone groups is 1. The monoisotopic (exact) mass is 291 g/mol. The summed E-state index contributed by atoms with van der Waals surface area (Å²) < 4.78 is 46.6. The van der Waals surface area contributed by atoms with Crippen LogP contribution in [-0.2, 0) is 19.9 Å². The van der Waals surface area contributed by atoms with E-state index in [4.69, 9.17) is 11.6 Å². The summed E-state index contributed by atoms with van der Waals surface area (Å²) in [7, 11) is -6.82. The van der Waals surface area contributed by atoms with Crippen LogP contribution in [0.2, 0.25) is 0 Å². The fraction of sp³-hybridized carbons (Fsp3) is 1.00. The van der Waals surface area contributed by atoms with E-state index in [0.29, 0.717) is 0 Å². The zero-order valence-corrected chi connectivity index (χ0v) is 12.0. The Balaban J connectivity index is 4.17. The minimum atomic E-state index is -3.56. The van der Waals surface area contributed by atoms with Crippen molar-refractivity contribution < 1.29 is 16.8 Å². The SMILES string of the molecule is CC(C)C(Cl)CNS(=O)(=O)CCS(C)(=O)=O. The number of hydrogen-bond acceptors (Lipinski definition) is 4. The molecular weight excluding hydrogens is 274 g/mol. The number of hydrogen-bond donors (Lipinski definition) is 1. The fourth-order valence-electron chi connectivity index (χ4n) is 0.776. The molecule has 0 radical (unpaired) electrons. The second-order valence-corrected chi connectivity index (χ2v) is 8.80. The Kier molecular flexibility index (Phi) is 6.24. The van der Waals surface area contributed by atoms with E-state index in [9.17, 15) is 16.8 Å². The molecule has 0 aliphatic heterocycles. The van der Waals surface area contributed by atoms with Gasteiger partial charge in [0.25, 0.3) is 0 Å². The first kappa shape index (κ1) is 16.1. The maximum Gasteiger partial charge on any atom is 0.212 e. The van der Waals surface area contributed by atoms with Crippen LogP contribution in [0.1, 0.15) is 13.8 Å². The lowest BCUT2D eigenvalue weighted by Crippen LogP contribution is -2.35. The zero-order chi connectivity index (χ0) is 13.0. The molecule has 16 heavy (non-hydrogen) atoms. The first-order valence-electron chi connectivity index (χ1n) is 4.82. The van der Waals surface area contributed by atoms with Crippen LogP contribution in [0.25, 0.3) is 0 Å². The van der Waals surface area contributed by atoms with Crippen molar-refractivity contribution in [2.24, 2.45) is 5.92 Å². The molecule has 0 aromatic carbocycles. The predicted octanol–water partition coefficient (Wildman–Crippen LogP) is 0.214. The molecule has 1 N–H and O–H groups in total. The third kappa shape index (κ3) is 8.32. The molecule has 0 saturated carbocycles. The van der Waals surface area contributed by atoms with E-state index in [1.54, 1.807) is 0 Å². The summed E-state index contributed by atoms with van der Waals surface area (Å²) in [6.07, 6.45) is 1.00. The summed E-state index contributed by atoms with van der Waals surface area (Å²) in [5, 5.41) is -0.298. The maximum absolute atomic E-state index is 11.4. The van der Waals surface area contributed by atoms with Crippen molar-refractivity contribution in [3.63, 3.8) is 0 Å². The van der Waals surface area contributed by atoms with Gasteiger partial charge in [-0.05, 0) is 5.92 Å². The van der Waals surface area contributed by atoms with E-state index in [-0.39, 0.29) is 23.6 Å². The van der Waals surface area contributed by atoms with E-state index < -0.39 is 25.6 Å². The second kappa shape index (κ2) is 6.18. The molecule has 1 unspecified atom stereocenters. The first-order chi connectivity index (χ1) is 7.03. The van der Waals surface area contributed by atoms with E-state index in [1.165, 1.54) is 0 Å². The number of halogens is 1. The van der Waals surface area contributed by atoms with E-state index in [0.717, 1.165) is 6.26 Å². The molecule has 0 amide bonds. The average molecular weight is 292 g/mol. The topological polar surface area (TPSA) is 80.3 Å². The van der Waals surface area contributed by atoms with Gasteiger partial charge in [-0.1, -0.05) is 13.8 Å². The van der Waals surface area contributed by atoms with Gasteiger partial charge in [-0.15, -0.1) is 11.6 Å². The van der Waals surface area contributed by atoms with Crippen LogP contribution >= 0.6 is 11.6 Å². The summed E-state index contributed by atoms with van der Waals surface area (Å²) in [4.78, 5) is 0. The number of rotatable bonds is 7. The van der Waals surface area contributed by atoms with E-state index >= 15 is 0 Å². The van der Waals surface area contributed by atoms with Gasteiger partial charge in [-0.3, -0.25) is 0 Å². The Morgan fingerprint density at radius 1 is 1.12 bits per heavy atom. The maximum atomic E-state index is 11.4. The molecule has 0 bridgehead atoms. The molecule has 5 nitrogen and oxygen atoms in total. The molecule has 0 aliphatic carbocycles. The van der Waals surface area contributed by atoms with Crippen molar-refractivity contribution in [1.29, 1.82) is 0 Å². The second-order valence-electron chi connectivity index (χ2n) is 4.06. The van der Waals surface area contributed by atoms with E-state index in [2.05, 4.69) is 4.72 Å². The predicted molar refractivity (Wildman–Crippen MR) is 66.0 cm³/mol. The molecule has 98 valence electrons. The van der Waals surface area contributed by atoms with Crippen LogP contribution in [0, 0.1) is 5.92 Å². The lowest BCUT2D eigenvalue weighted by atomic mass is 10.1. The summed E-state index contributed by atoms with van der Waals surface area (Å²) in [6, 6.07) is 0. The smallest absolute Gasteiger partial charge is 0.212 e. The number of sulfonamides is 1. The molecule has 0 fully saturated rings. The van der Waals surface area contributed by atoms with Crippen molar-refractivity contribution in [1.82, 2.24) is 4.72 Å². The molecule has 0 heterocycles. The van der Waals surface area contributed by atoms with Gasteiger partial charge in [-0.2, -0.15) is 0 Å². The summed E-state index contributed by atoms with van der Waals surface area (Å²) in [6.45, 7) is 3.87. The van der Waals surface area contributed by atoms with E-state index in [1.807, 2.05) is 13.8 Å². The molecule has 0 rings (SSSR count). The van der Waals surface area contributed by atoms with Crippen LogP contribution in [0.5, 0.6) is 0 Å². The first-order valence-corrected chi connectivity index (χ1v) is 8.97. The third-order valence-corrected chi connectivity index (χ3v) is 5.15. The van der Waals surface area contributed by atoms with Gasteiger partial charge in [-0.25, -0.2) is 21.6 Å². The number of alkyl halides is 1. The highest BCUT2D eigenvalue weighted by molar-refractivity contribution is 7.93. The molecule has 0 saturated heterocycles. The van der Waals surface area contributed by atoms with Gasteiger partial charge >= 0.3 is 0 Å². The van der Waals surface area contributed by atoms with Crippen molar-refractivity contribution in [2.45, 2.75) is 19.2 Å². The van der Waals surface area contributed by atoms with Gasteiger partial charge in [0, 0.05) is 18.2 Å². The van der Waals surface area contributed by atoms with Crippen LogP contribution in [0.4, 0.5) is 0 Å². The van der Waals surface area contributed by atoms with Gasteiger partial charge < -0.3 is 0 Å². The van der Waals surface area contributed by atoms with Crippen LogP contribution in [-0.4, -0.2) is 46.5 Å². The van der Waals surface area contributed by atoms with Crippen molar-refractivity contribution in [3.8, 4) is 0 Å². The highest BCUT2D eigenvalue weighted by Crippen LogP contribution is 2.08. The Labute approximate surface area is 103 Å². The normalized spacial score (nSPS) is 15.3. The Morgan fingerprint density at radius 2 is 1.62 bits per heavy atom. The highest BCUT2D eigenvalue weighted by Gasteiger charge is 2.17. The van der Waals surface area contributed by atoms with Crippen LogP contribution in [0.3, 0.4) is 0 Å². The van der Waals surface area contributed by atoms with Gasteiger partial charge in [0.1, 0.15) is 9.84 Å². The fourth-order valence-corrected chi connectivity index (χ4v) is 3.61. The van der Waals surface area contributed by atoms with Crippen LogP contribution in [0.15, 0.2) is 0 Å². The Bertz CT molecular complexity index is 402. The standard InChI is InChI=1S/C8H18ClNO4S2/c1-7(2)8(9)6-10-16(13,14)5-4-15(3,11)12/h7-8,10H,4-6H2,1-3H3. The van der Waals surface area contributed by atoms with Crippen molar-refractivity contribution in [3.05, 3.63) is 0 Å². The highest BCUT2D eigenvalue weighted by atomic mass is 35.5. The Morgan fingerprint density at radius 3 is 2.00 bits per heavy atom. The molecule has 8 heteroatoms. The van der Waals surface area contributed by atoms with Gasteiger partial charge in [0.05, 0.1) is 11.5 Å². The molecule has 0 aromatic heterocycles. The minimum absolute atomic E-state index is 0.116. The molecule has 0 spiro atoms. The number of nitrogens with one attached hydrogen (secondary N) is 1. The molecule has 1 atom stereocenters. The minimum Gasteiger partial charge on any atom is -0.229 e. The summed E-state index contributed by atoms with van der Waals surface area (Å²) in [5.74, 6) is -0.649. The summed E-state index contributed by atoms with van der Waals surface area (Å²) >= 11 is 5.87. The van der Waals surface area contributed by atoms with Gasteiger partial charge in [0.15, 0.2) is 0 Å².